The smallest absolute Gasteiger partial charge is 0.378 e. The first-order valence-corrected chi connectivity index (χ1v) is 6.69. The summed E-state index contributed by atoms with van der Waals surface area (Å²) in [5.41, 5.74) is 0.472. The van der Waals surface area contributed by atoms with E-state index in [9.17, 15) is 22.8 Å². The number of amides is 2. The molecule has 2 amide bonds. The standard InChI is InChI=1S/C14H15F3N2O3/c15-14(16,17)9-12(20)18-11-3-1-2-10(8-11)13(21)19-4-6-22-7-5-19/h1-3,8H,4-7,9H2,(H,18,20). The van der Waals surface area contributed by atoms with Gasteiger partial charge >= 0.3 is 6.18 Å². The Morgan fingerprint density at radius 3 is 2.55 bits per heavy atom. The third kappa shape index (κ3) is 4.73. The molecule has 1 saturated heterocycles. The highest BCUT2D eigenvalue weighted by Crippen LogP contribution is 2.21. The van der Waals surface area contributed by atoms with Gasteiger partial charge in [0.15, 0.2) is 0 Å². The highest BCUT2D eigenvalue weighted by atomic mass is 19.4. The van der Waals surface area contributed by atoms with Crippen molar-refractivity contribution >= 4 is 17.5 Å². The predicted molar refractivity (Wildman–Crippen MR) is 72.5 cm³/mol. The second-order valence-electron chi connectivity index (χ2n) is 4.83. The summed E-state index contributed by atoms with van der Waals surface area (Å²) < 4.78 is 41.5. The van der Waals surface area contributed by atoms with Crippen LogP contribution in [0.2, 0.25) is 0 Å². The van der Waals surface area contributed by atoms with Crippen LogP contribution < -0.4 is 5.32 Å². The quantitative estimate of drug-likeness (QED) is 0.928. The lowest BCUT2D eigenvalue weighted by Crippen LogP contribution is -2.40. The van der Waals surface area contributed by atoms with Crippen LogP contribution in [0.1, 0.15) is 16.8 Å². The van der Waals surface area contributed by atoms with Gasteiger partial charge in [-0.15, -0.1) is 0 Å². The zero-order valence-electron chi connectivity index (χ0n) is 11.7. The molecule has 0 radical (unpaired) electrons. The number of morpholine rings is 1. The minimum absolute atomic E-state index is 0.161. The van der Waals surface area contributed by atoms with Crippen LogP contribution in [0.25, 0.3) is 0 Å². The van der Waals surface area contributed by atoms with Gasteiger partial charge in [0.25, 0.3) is 5.91 Å². The van der Waals surface area contributed by atoms with Gasteiger partial charge in [-0.05, 0) is 18.2 Å². The highest BCUT2D eigenvalue weighted by Gasteiger charge is 2.31. The summed E-state index contributed by atoms with van der Waals surface area (Å²) in [6.07, 6.45) is -6.13. The van der Waals surface area contributed by atoms with Crippen molar-refractivity contribution in [2.75, 3.05) is 31.6 Å². The third-order valence-corrected chi connectivity index (χ3v) is 3.05. The average Bonchev–Trinajstić information content (AvgIpc) is 2.45. The molecular formula is C14H15F3N2O3. The monoisotopic (exact) mass is 316 g/mol. The maximum absolute atomic E-state index is 12.2. The van der Waals surface area contributed by atoms with Gasteiger partial charge in [-0.3, -0.25) is 9.59 Å². The first-order valence-electron chi connectivity index (χ1n) is 6.69. The molecule has 1 aromatic carbocycles. The summed E-state index contributed by atoms with van der Waals surface area (Å²) in [6.45, 7) is 1.83. The SMILES string of the molecule is O=C(CC(F)(F)F)Nc1cccc(C(=O)N2CCOCC2)c1. The summed E-state index contributed by atoms with van der Waals surface area (Å²) in [7, 11) is 0. The Bertz CT molecular complexity index is 555. The molecule has 0 aromatic heterocycles. The van der Waals surface area contributed by atoms with Crippen LogP contribution >= 0.6 is 0 Å². The fourth-order valence-corrected chi connectivity index (χ4v) is 2.07. The van der Waals surface area contributed by atoms with Crippen molar-refractivity contribution in [2.24, 2.45) is 0 Å². The number of halogens is 3. The van der Waals surface area contributed by atoms with E-state index in [4.69, 9.17) is 4.74 Å². The Morgan fingerprint density at radius 2 is 1.91 bits per heavy atom. The molecule has 1 aliphatic rings. The molecule has 1 heterocycles. The van der Waals surface area contributed by atoms with Crippen LogP contribution in [-0.2, 0) is 9.53 Å². The van der Waals surface area contributed by atoms with E-state index in [1.807, 2.05) is 0 Å². The number of alkyl halides is 3. The molecule has 1 N–H and O–H groups in total. The first kappa shape index (κ1) is 16.3. The Kier molecular flexibility index (Phi) is 5.02. The molecule has 1 aromatic rings. The van der Waals surface area contributed by atoms with Gasteiger partial charge in [-0.25, -0.2) is 0 Å². The van der Waals surface area contributed by atoms with Gasteiger partial charge in [-0.2, -0.15) is 13.2 Å². The summed E-state index contributed by atoms with van der Waals surface area (Å²) >= 11 is 0. The van der Waals surface area contributed by atoms with Crippen molar-refractivity contribution in [2.45, 2.75) is 12.6 Å². The Labute approximate surface area is 125 Å². The number of carbonyl (C=O) groups excluding carboxylic acids is 2. The maximum Gasteiger partial charge on any atom is 0.397 e. The highest BCUT2D eigenvalue weighted by molar-refractivity contribution is 5.97. The lowest BCUT2D eigenvalue weighted by Gasteiger charge is -2.27. The summed E-state index contributed by atoms with van der Waals surface area (Å²) in [4.78, 5) is 25.1. The summed E-state index contributed by atoms with van der Waals surface area (Å²) in [5, 5.41) is 2.14. The minimum Gasteiger partial charge on any atom is -0.378 e. The zero-order chi connectivity index (χ0) is 16.2. The van der Waals surface area contributed by atoms with Crippen molar-refractivity contribution in [1.29, 1.82) is 0 Å². The van der Waals surface area contributed by atoms with E-state index < -0.39 is 18.5 Å². The van der Waals surface area contributed by atoms with Gasteiger partial charge in [0.05, 0.1) is 13.2 Å². The molecule has 8 heteroatoms. The fourth-order valence-electron chi connectivity index (χ4n) is 2.07. The Morgan fingerprint density at radius 1 is 1.23 bits per heavy atom. The van der Waals surface area contributed by atoms with Crippen molar-refractivity contribution in [3.8, 4) is 0 Å². The van der Waals surface area contributed by atoms with E-state index in [0.717, 1.165) is 0 Å². The molecule has 1 fully saturated rings. The van der Waals surface area contributed by atoms with Crippen LogP contribution in [0.15, 0.2) is 24.3 Å². The van der Waals surface area contributed by atoms with E-state index in [2.05, 4.69) is 5.32 Å². The van der Waals surface area contributed by atoms with E-state index >= 15 is 0 Å². The Balaban J connectivity index is 2.03. The molecular weight excluding hydrogens is 301 g/mol. The number of nitrogens with one attached hydrogen (secondary N) is 1. The molecule has 5 nitrogen and oxygen atoms in total. The molecule has 120 valence electrons. The second-order valence-corrected chi connectivity index (χ2v) is 4.83. The molecule has 0 aliphatic carbocycles. The summed E-state index contributed by atoms with van der Waals surface area (Å²) in [5.74, 6) is -1.40. The van der Waals surface area contributed by atoms with Crippen molar-refractivity contribution < 1.29 is 27.5 Å². The van der Waals surface area contributed by atoms with Gasteiger partial charge in [0, 0.05) is 24.3 Å². The molecule has 0 saturated carbocycles. The number of nitrogens with zero attached hydrogens (tertiary/aromatic N) is 1. The van der Waals surface area contributed by atoms with Crippen LogP contribution in [-0.4, -0.2) is 49.2 Å². The largest absolute Gasteiger partial charge is 0.397 e. The third-order valence-electron chi connectivity index (χ3n) is 3.05. The fraction of sp³-hybridized carbons (Fsp3) is 0.429. The molecule has 22 heavy (non-hydrogen) atoms. The first-order chi connectivity index (χ1) is 10.3. The van der Waals surface area contributed by atoms with Gasteiger partial charge in [0.1, 0.15) is 6.42 Å². The maximum atomic E-state index is 12.2. The summed E-state index contributed by atoms with van der Waals surface area (Å²) in [6, 6.07) is 5.87. The van der Waals surface area contributed by atoms with Crippen LogP contribution in [0, 0.1) is 0 Å². The number of benzene rings is 1. The molecule has 2 rings (SSSR count). The van der Waals surface area contributed by atoms with E-state index in [0.29, 0.717) is 31.9 Å². The number of hydrogen-bond acceptors (Lipinski definition) is 3. The van der Waals surface area contributed by atoms with E-state index in [-0.39, 0.29) is 11.6 Å². The van der Waals surface area contributed by atoms with Gasteiger partial charge in [-0.1, -0.05) is 6.07 Å². The average molecular weight is 316 g/mol. The number of hydrogen-bond donors (Lipinski definition) is 1. The van der Waals surface area contributed by atoms with Crippen LogP contribution in [0.5, 0.6) is 0 Å². The number of carbonyl (C=O) groups is 2. The zero-order valence-corrected chi connectivity index (χ0v) is 11.7. The van der Waals surface area contributed by atoms with Crippen LogP contribution in [0.4, 0.5) is 18.9 Å². The lowest BCUT2D eigenvalue weighted by molar-refractivity contribution is -0.150. The lowest BCUT2D eigenvalue weighted by atomic mass is 10.1. The molecule has 0 unspecified atom stereocenters. The predicted octanol–water partition coefficient (Wildman–Crippen LogP) is 2.05. The van der Waals surface area contributed by atoms with Crippen molar-refractivity contribution in [1.82, 2.24) is 4.90 Å². The van der Waals surface area contributed by atoms with Crippen molar-refractivity contribution in [3.05, 3.63) is 29.8 Å². The van der Waals surface area contributed by atoms with Crippen molar-refractivity contribution in [3.63, 3.8) is 0 Å². The minimum atomic E-state index is -4.56. The topological polar surface area (TPSA) is 58.6 Å². The number of anilines is 1. The molecule has 0 atom stereocenters. The number of ether oxygens (including phenoxy) is 1. The van der Waals surface area contributed by atoms with Gasteiger partial charge in [0.2, 0.25) is 5.91 Å². The Hall–Kier alpha value is -2.09. The normalized spacial score (nSPS) is 15.5. The molecule has 0 bridgehead atoms. The molecule has 1 aliphatic heterocycles. The van der Waals surface area contributed by atoms with Crippen LogP contribution in [0.3, 0.4) is 0 Å². The van der Waals surface area contributed by atoms with Gasteiger partial charge < -0.3 is 15.0 Å². The van der Waals surface area contributed by atoms with E-state index in [1.165, 1.54) is 18.2 Å². The van der Waals surface area contributed by atoms with E-state index in [1.54, 1.807) is 11.0 Å². The second kappa shape index (κ2) is 6.78. The number of rotatable bonds is 3. The molecule has 0 spiro atoms.